The van der Waals surface area contributed by atoms with E-state index in [4.69, 9.17) is 9.47 Å². The molecule has 3 rings (SSSR count). The summed E-state index contributed by atoms with van der Waals surface area (Å²) >= 11 is 0. The van der Waals surface area contributed by atoms with Gasteiger partial charge in [-0.3, -0.25) is 0 Å². The highest BCUT2D eigenvalue weighted by Crippen LogP contribution is 2.35. The molecule has 1 amide bonds. The van der Waals surface area contributed by atoms with Crippen LogP contribution in [0, 0.1) is 0 Å². The van der Waals surface area contributed by atoms with Crippen LogP contribution in [0.5, 0.6) is 5.75 Å². The maximum atomic E-state index is 11.5. The molecule has 1 saturated heterocycles. The Morgan fingerprint density at radius 1 is 1.29 bits per heavy atom. The topological polar surface area (TPSA) is 47.6 Å². The average molecular weight is 308 g/mol. The predicted molar refractivity (Wildman–Crippen MR) is 84.2 cm³/mol. The van der Waals surface area contributed by atoms with Crippen LogP contribution >= 0.6 is 12.4 Å². The number of carbonyl (C=O) groups excluding carboxylic acids is 1. The Bertz CT molecular complexity index is 644. The van der Waals surface area contributed by atoms with E-state index < -0.39 is 0 Å². The third kappa shape index (κ3) is 3.05. The first-order chi connectivity index (χ1) is 9.79. The number of ether oxygens (including phenoxy) is 2. The van der Waals surface area contributed by atoms with Gasteiger partial charge in [0.2, 0.25) is 0 Å². The molecule has 0 saturated carbocycles. The van der Waals surface area contributed by atoms with Crippen molar-refractivity contribution in [1.29, 1.82) is 0 Å². The second kappa shape index (κ2) is 6.68. The molecule has 1 fully saturated rings. The largest absolute Gasteiger partial charge is 0.493 e. The molecule has 0 aliphatic carbocycles. The minimum absolute atomic E-state index is 0. The first-order valence-corrected chi connectivity index (χ1v) is 6.87. The zero-order valence-corrected chi connectivity index (χ0v) is 12.6. The lowest BCUT2D eigenvalue weighted by Gasteiger charge is -2.26. The number of hydrogen-bond acceptors (Lipinski definition) is 3. The maximum Gasteiger partial charge on any atom is 0.407 e. The predicted octanol–water partition coefficient (Wildman–Crippen LogP) is 3.83. The first kappa shape index (κ1) is 15.4. The smallest absolute Gasteiger partial charge is 0.407 e. The van der Waals surface area contributed by atoms with E-state index in [-0.39, 0.29) is 24.5 Å². The third-order valence-corrected chi connectivity index (χ3v) is 3.51. The molecule has 0 radical (unpaired) electrons. The van der Waals surface area contributed by atoms with E-state index in [0.29, 0.717) is 13.2 Å². The molecule has 112 valence electrons. The Balaban J connectivity index is 0.00000161. The highest BCUT2D eigenvalue weighted by atomic mass is 35.5. The summed E-state index contributed by atoms with van der Waals surface area (Å²) in [5.74, 6) is 0.832. The van der Waals surface area contributed by atoms with Gasteiger partial charge in [-0.25, -0.2) is 4.79 Å². The van der Waals surface area contributed by atoms with Crippen LogP contribution in [-0.4, -0.2) is 19.3 Å². The molecule has 2 aromatic rings. The molecule has 0 aromatic heterocycles. The quantitative estimate of drug-likeness (QED) is 0.937. The minimum Gasteiger partial charge on any atom is -0.493 e. The number of halogens is 1. The molecule has 0 spiro atoms. The zero-order chi connectivity index (χ0) is 13.9. The summed E-state index contributed by atoms with van der Waals surface area (Å²) < 4.78 is 10.7. The summed E-state index contributed by atoms with van der Waals surface area (Å²) in [5.41, 5.74) is 1.04. The van der Waals surface area contributed by atoms with E-state index in [0.717, 1.165) is 28.5 Å². The van der Waals surface area contributed by atoms with Crippen LogP contribution in [0.2, 0.25) is 0 Å². The van der Waals surface area contributed by atoms with Crippen molar-refractivity contribution in [2.75, 3.05) is 13.2 Å². The molecule has 0 bridgehead atoms. The van der Waals surface area contributed by atoms with Gasteiger partial charge in [-0.1, -0.05) is 30.3 Å². The van der Waals surface area contributed by atoms with Gasteiger partial charge < -0.3 is 14.8 Å². The van der Waals surface area contributed by atoms with Crippen LogP contribution in [0.15, 0.2) is 36.4 Å². The number of nitrogens with one attached hydrogen (secondary N) is 1. The van der Waals surface area contributed by atoms with Crippen LogP contribution < -0.4 is 10.1 Å². The Hall–Kier alpha value is -1.94. The number of benzene rings is 2. The lowest BCUT2D eigenvalue weighted by molar-refractivity contribution is 0.115. The van der Waals surface area contributed by atoms with Crippen molar-refractivity contribution in [1.82, 2.24) is 5.32 Å². The number of rotatable bonds is 3. The van der Waals surface area contributed by atoms with E-state index in [9.17, 15) is 4.79 Å². The fourth-order valence-electron chi connectivity index (χ4n) is 2.66. The van der Waals surface area contributed by atoms with Gasteiger partial charge in [0.15, 0.2) is 0 Å². The molecule has 21 heavy (non-hydrogen) atoms. The lowest BCUT2D eigenvalue weighted by Crippen LogP contribution is -2.35. The molecular weight excluding hydrogens is 290 g/mol. The van der Waals surface area contributed by atoms with Gasteiger partial charge in [-0.05, 0) is 23.8 Å². The van der Waals surface area contributed by atoms with E-state index in [2.05, 4.69) is 17.4 Å². The third-order valence-electron chi connectivity index (χ3n) is 3.51. The van der Waals surface area contributed by atoms with E-state index in [1.165, 1.54) is 0 Å². The highest BCUT2D eigenvalue weighted by molar-refractivity contribution is 5.89. The molecule has 1 N–H and O–H groups in total. The Labute approximate surface area is 129 Å². The first-order valence-electron chi connectivity index (χ1n) is 6.87. The standard InChI is InChI=1S/C16H17NO3.ClH/c1-2-19-14-8-7-11-5-3-4-6-12(11)15(14)13-9-10-20-16(18)17-13;/h3-8,13H,2,9-10H2,1H3,(H,17,18);1H/t13-;/m0./s1. The molecule has 1 aliphatic rings. The fourth-order valence-corrected chi connectivity index (χ4v) is 2.66. The van der Waals surface area contributed by atoms with Gasteiger partial charge in [-0.15, -0.1) is 12.4 Å². The number of hydrogen-bond donors (Lipinski definition) is 1. The van der Waals surface area contributed by atoms with Crippen molar-refractivity contribution in [3.8, 4) is 5.75 Å². The molecule has 4 nitrogen and oxygen atoms in total. The summed E-state index contributed by atoms with van der Waals surface area (Å²) in [6.45, 7) is 3.00. The Morgan fingerprint density at radius 3 is 2.86 bits per heavy atom. The van der Waals surface area contributed by atoms with Gasteiger partial charge in [0.05, 0.1) is 19.3 Å². The number of amides is 1. The molecular formula is C16H18ClNO3. The van der Waals surface area contributed by atoms with Crippen molar-refractivity contribution >= 4 is 29.3 Å². The highest BCUT2D eigenvalue weighted by Gasteiger charge is 2.25. The Kier molecular flexibility index (Phi) is 4.91. The normalized spacial score (nSPS) is 17.6. The number of cyclic esters (lactones) is 1. The molecule has 1 atom stereocenters. The summed E-state index contributed by atoms with van der Waals surface area (Å²) in [4.78, 5) is 11.5. The number of carbonyl (C=O) groups is 1. The Morgan fingerprint density at radius 2 is 2.10 bits per heavy atom. The molecule has 1 heterocycles. The summed E-state index contributed by atoms with van der Waals surface area (Å²) in [5, 5.41) is 5.14. The number of alkyl carbamates (subject to hydrolysis) is 1. The van der Waals surface area contributed by atoms with E-state index >= 15 is 0 Å². The van der Waals surface area contributed by atoms with Crippen molar-refractivity contribution in [3.63, 3.8) is 0 Å². The van der Waals surface area contributed by atoms with Crippen LogP contribution in [0.1, 0.15) is 24.9 Å². The van der Waals surface area contributed by atoms with Gasteiger partial charge in [0.1, 0.15) is 5.75 Å². The summed E-state index contributed by atoms with van der Waals surface area (Å²) in [6.07, 6.45) is 0.386. The molecule has 1 aliphatic heterocycles. The number of fused-ring (bicyclic) bond motifs is 1. The lowest BCUT2D eigenvalue weighted by atomic mass is 9.95. The van der Waals surface area contributed by atoms with Crippen LogP contribution in [0.25, 0.3) is 10.8 Å². The maximum absolute atomic E-state index is 11.5. The second-order valence-corrected chi connectivity index (χ2v) is 4.75. The van der Waals surface area contributed by atoms with E-state index in [1.54, 1.807) is 0 Å². The van der Waals surface area contributed by atoms with Gasteiger partial charge >= 0.3 is 6.09 Å². The van der Waals surface area contributed by atoms with E-state index in [1.807, 2.05) is 31.2 Å². The summed E-state index contributed by atoms with van der Waals surface area (Å²) in [6, 6.07) is 12.1. The monoisotopic (exact) mass is 307 g/mol. The minimum atomic E-state index is -0.364. The van der Waals surface area contributed by atoms with Crippen molar-refractivity contribution in [2.45, 2.75) is 19.4 Å². The molecule has 5 heteroatoms. The van der Waals surface area contributed by atoms with Gasteiger partial charge in [0, 0.05) is 12.0 Å². The molecule has 0 unspecified atom stereocenters. The second-order valence-electron chi connectivity index (χ2n) is 4.75. The molecule has 2 aromatic carbocycles. The van der Waals surface area contributed by atoms with Gasteiger partial charge in [0.25, 0.3) is 0 Å². The van der Waals surface area contributed by atoms with Gasteiger partial charge in [-0.2, -0.15) is 0 Å². The average Bonchev–Trinajstić information content (AvgIpc) is 2.47. The summed E-state index contributed by atoms with van der Waals surface area (Å²) in [7, 11) is 0. The van der Waals surface area contributed by atoms with Crippen molar-refractivity contribution in [2.24, 2.45) is 0 Å². The SMILES string of the molecule is CCOc1ccc2ccccc2c1[C@@H]1CCOC(=O)N1.Cl. The van der Waals surface area contributed by atoms with Crippen LogP contribution in [0.4, 0.5) is 4.79 Å². The van der Waals surface area contributed by atoms with Crippen LogP contribution in [0.3, 0.4) is 0 Å². The zero-order valence-electron chi connectivity index (χ0n) is 11.8. The van der Waals surface area contributed by atoms with Crippen LogP contribution in [-0.2, 0) is 4.74 Å². The fraction of sp³-hybridized carbons (Fsp3) is 0.312. The van der Waals surface area contributed by atoms with Crippen molar-refractivity contribution in [3.05, 3.63) is 42.0 Å². The van der Waals surface area contributed by atoms with Crippen molar-refractivity contribution < 1.29 is 14.3 Å².